The van der Waals surface area contributed by atoms with E-state index in [0.29, 0.717) is 11.2 Å². The standard InChI is InChI=1S/C17H23NO/c1-18-9-8-17-7-3-2-4-14(17)16(18)10-12-5-6-13(19)11-15(12)17/h5-6,11,14,16,19H,2-4,7-10H2,1H3/t14-,16?,17+/m0/s1. The van der Waals surface area contributed by atoms with Crippen molar-refractivity contribution in [3.63, 3.8) is 0 Å². The van der Waals surface area contributed by atoms with E-state index in [1.807, 2.05) is 6.07 Å². The van der Waals surface area contributed by atoms with E-state index in [4.69, 9.17) is 0 Å². The first-order valence-corrected chi connectivity index (χ1v) is 7.73. The summed E-state index contributed by atoms with van der Waals surface area (Å²) < 4.78 is 0. The molecular formula is C17H23NO. The highest BCUT2D eigenvalue weighted by atomic mass is 16.3. The number of nitrogens with zero attached hydrogens (tertiary/aromatic N) is 1. The van der Waals surface area contributed by atoms with Gasteiger partial charge in [-0.1, -0.05) is 18.9 Å². The lowest BCUT2D eigenvalue weighted by Gasteiger charge is -2.58. The van der Waals surface area contributed by atoms with Crippen LogP contribution < -0.4 is 0 Å². The number of aromatic hydroxyl groups is 1. The van der Waals surface area contributed by atoms with Crippen LogP contribution in [0.4, 0.5) is 0 Å². The third-order valence-corrected chi connectivity index (χ3v) is 6.10. The molecule has 0 radical (unpaired) electrons. The molecule has 1 saturated carbocycles. The van der Waals surface area contributed by atoms with Crippen molar-refractivity contribution in [2.75, 3.05) is 13.6 Å². The van der Waals surface area contributed by atoms with Crippen LogP contribution in [0, 0.1) is 5.92 Å². The van der Waals surface area contributed by atoms with Crippen LogP contribution in [-0.4, -0.2) is 29.6 Å². The van der Waals surface area contributed by atoms with Crippen molar-refractivity contribution in [3.05, 3.63) is 29.3 Å². The molecule has 3 aliphatic rings. The van der Waals surface area contributed by atoms with Crippen molar-refractivity contribution < 1.29 is 5.11 Å². The van der Waals surface area contributed by atoms with Crippen molar-refractivity contribution in [2.45, 2.75) is 50.0 Å². The van der Waals surface area contributed by atoms with Gasteiger partial charge in [-0.3, -0.25) is 0 Å². The molecule has 1 unspecified atom stereocenters. The van der Waals surface area contributed by atoms with Gasteiger partial charge in [0.2, 0.25) is 0 Å². The van der Waals surface area contributed by atoms with Crippen LogP contribution in [0.3, 0.4) is 0 Å². The summed E-state index contributed by atoms with van der Waals surface area (Å²) in [5.41, 5.74) is 3.36. The average molecular weight is 257 g/mol. The normalized spacial score (nSPS) is 37.5. The monoisotopic (exact) mass is 257 g/mol. The molecule has 1 aromatic carbocycles. The Bertz CT molecular complexity index is 512. The van der Waals surface area contributed by atoms with E-state index in [1.54, 1.807) is 0 Å². The molecule has 0 spiro atoms. The maximum Gasteiger partial charge on any atom is 0.115 e. The van der Waals surface area contributed by atoms with Gasteiger partial charge in [-0.15, -0.1) is 0 Å². The smallest absolute Gasteiger partial charge is 0.115 e. The number of piperidine rings is 1. The fourth-order valence-electron chi connectivity index (χ4n) is 5.18. The van der Waals surface area contributed by atoms with Crippen LogP contribution in [0.25, 0.3) is 0 Å². The number of phenolic OH excluding ortho intramolecular Hbond substituents is 1. The van der Waals surface area contributed by atoms with E-state index in [2.05, 4.69) is 24.1 Å². The Labute approximate surface area is 115 Å². The molecule has 2 nitrogen and oxygen atoms in total. The number of benzene rings is 1. The first-order chi connectivity index (χ1) is 9.21. The molecule has 2 heteroatoms. The number of rotatable bonds is 0. The quantitative estimate of drug-likeness (QED) is 0.772. The Kier molecular flexibility index (Phi) is 2.47. The van der Waals surface area contributed by atoms with E-state index in [0.717, 1.165) is 12.0 Å². The lowest BCUT2D eigenvalue weighted by molar-refractivity contribution is 0.00274. The maximum absolute atomic E-state index is 9.91. The number of likely N-dealkylation sites (N-methyl/N-ethyl adjacent to an activating group) is 1. The Balaban J connectivity index is 1.90. The minimum atomic E-state index is 0.377. The van der Waals surface area contributed by atoms with Crippen LogP contribution >= 0.6 is 0 Å². The molecule has 19 heavy (non-hydrogen) atoms. The van der Waals surface area contributed by atoms with Gasteiger partial charge in [0.05, 0.1) is 0 Å². The minimum absolute atomic E-state index is 0.377. The first kappa shape index (κ1) is 11.8. The van der Waals surface area contributed by atoms with Gasteiger partial charge in [-0.25, -0.2) is 0 Å². The highest BCUT2D eigenvalue weighted by molar-refractivity contribution is 5.45. The van der Waals surface area contributed by atoms with Gasteiger partial charge in [-0.2, -0.15) is 0 Å². The number of phenols is 1. The van der Waals surface area contributed by atoms with E-state index in [-0.39, 0.29) is 0 Å². The molecule has 2 aliphatic carbocycles. The summed E-state index contributed by atoms with van der Waals surface area (Å²) in [4.78, 5) is 2.59. The predicted molar refractivity (Wildman–Crippen MR) is 76.5 cm³/mol. The van der Waals surface area contributed by atoms with Crippen molar-refractivity contribution in [3.8, 4) is 5.75 Å². The summed E-state index contributed by atoms with van der Waals surface area (Å²) in [6, 6.07) is 6.85. The van der Waals surface area contributed by atoms with Gasteiger partial charge in [0, 0.05) is 11.5 Å². The highest BCUT2D eigenvalue weighted by Gasteiger charge is 2.52. The minimum Gasteiger partial charge on any atom is -0.508 e. The molecule has 1 N–H and O–H groups in total. The second-order valence-electron chi connectivity index (χ2n) is 6.85. The molecule has 2 bridgehead atoms. The molecular weight excluding hydrogens is 234 g/mol. The molecule has 1 aromatic rings. The molecule has 0 aromatic heterocycles. The summed E-state index contributed by atoms with van der Waals surface area (Å²) in [6.45, 7) is 1.22. The Morgan fingerprint density at radius 3 is 3.05 bits per heavy atom. The summed E-state index contributed by atoms with van der Waals surface area (Å²) in [6.07, 6.45) is 7.93. The Morgan fingerprint density at radius 1 is 1.26 bits per heavy atom. The van der Waals surface area contributed by atoms with Gasteiger partial charge in [0.25, 0.3) is 0 Å². The number of hydrogen-bond donors (Lipinski definition) is 1. The van der Waals surface area contributed by atoms with E-state index in [1.165, 1.54) is 56.2 Å². The molecule has 102 valence electrons. The molecule has 1 aliphatic heterocycles. The van der Waals surface area contributed by atoms with Crippen LogP contribution in [0.2, 0.25) is 0 Å². The van der Waals surface area contributed by atoms with Gasteiger partial charge in [0.15, 0.2) is 0 Å². The van der Waals surface area contributed by atoms with E-state index < -0.39 is 0 Å². The molecule has 1 heterocycles. The van der Waals surface area contributed by atoms with Gasteiger partial charge in [0.1, 0.15) is 5.75 Å². The molecule has 4 rings (SSSR count). The third-order valence-electron chi connectivity index (χ3n) is 6.10. The first-order valence-electron chi connectivity index (χ1n) is 7.73. The Hall–Kier alpha value is -1.02. The summed E-state index contributed by atoms with van der Waals surface area (Å²) in [5.74, 6) is 1.27. The zero-order chi connectivity index (χ0) is 13.0. The van der Waals surface area contributed by atoms with Crippen molar-refractivity contribution >= 4 is 0 Å². The van der Waals surface area contributed by atoms with Gasteiger partial charge < -0.3 is 10.0 Å². The van der Waals surface area contributed by atoms with Crippen molar-refractivity contribution in [2.24, 2.45) is 5.92 Å². The largest absolute Gasteiger partial charge is 0.508 e. The molecule has 3 atom stereocenters. The number of hydrogen-bond acceptors (Lipinski definition) is 2. The lowest BCUT2D eigenvalue weighted by atomic mass is 9.52. The zero-order valence-electron chi connectivity index (χ0n) is 11.7. The second-order valence-corrected chi connectivity index (χ2v) is 6.85. The van der Waals surface area contributed by atoms with Crippen molar-refractivity contribution in [1.29, 1.82) is 0 Å². The lowest BCUT2D eigenvalue weighted by Crippen LogP contribution is -2.59. The van der Waals surface area contributed by atoms with Gasteiger partial charge >= 0.3 is 0 Å². The van der Waals surface area contributed by atoms with Crippen molar-refractivity contribution in [1.82, 2.24) is 4.90 Å². The Morgan fingerprint density at radius 2 is 2.16 bits per heavy atom. The number of likely N-dealkylation sites (tertiary alicyclic amines) is 1. The zero-order valence-corrected chi connectivity index (χ0v) is 11.7. The maximum atomic E-state index is 9.91. The van der Waals surface area contributed by atoms with Crippen LogP contribution in [0.1, 0.15) is 43.2 Å². The summed E-state index contributed by atoms with van der Waals surface area (Å²) in [5, 5.41) is 9.91. The van der Waals surface area contributed by atoms with E-state index >= 15 is 0 Å². The topological polar surface area (TPSA) is 23.5 Å². The SMILES string of the molecule is CN1CC[C@]23CCCC[C@H]2C1Cc1ccc(O)cc13. The fraction of sp³-hybridized carbons (Fsp3) is 0.647. The molecule has 0 amide bonds. The van der Waals surface area contributed by atoms with E-state index in [9.17, 15) is 5.11 Å². The second kappa shape index (κ2) is 3.99. The highest BCUT2D eigenvalue weighted by Crippen LogP contribution is 2.55. The number of fused-ring (bicyclic) bond motifs is 1. The fourth-order valence-corrected chi connectivity index (χ4v) is 5.18. The van der Waals surface area contributed by atoms with Crippen LogP contribution in [0.15, 0.2) is 18.2 Å². The van der Waals surface area contributed by atoms with Crippen LogP contribution in [0.5, 0.6) is 5.75 Å². The predicted octanol–water partition coefficient (Wildman–Crippen LogP) is 3.08. The molecule has 1 saturated heterocycles. The molecule has 2 fully saturated rings. The summed E-state index contributed by atoms with van der Waals surface area (Å²) in [7, 11) is 2.30. The average Bonchev–Trinajstić information content (AvgIpc) is 2.43. The third kappa shape index (κ3) is 1.53. The van der Waals surface area contributed by atoms with Gasteiger partial charge in [-0.05, 0) is 68.5 Å². The summed E-state index contributed by atoms with van der Waals surface area (Å²) >= 11 is 0. The van der Waals surface area contributed by atoms with Crippen LogP contribution in [-0.2, 0) is 11.8 Å².